The van der Waals surface area contributed by atoms with Crippen molar-refractivity contribution < 1.29 is 27.5 Å². The van der Waals surface area contributed by atoms with E-state index in [0.717, 1.165) is 5.41 Å². The molecule has 8 heteroatoms. The minimum Gasteiger partial charge on any atom is -0.465 e. The molecule has 0 saturated heterocycles. The second-order valence-electron chi connectivity index (χ2n) is 5.37. The molecule has 0 saturated carbocycles. The lowest BCUT2D eigenvalue weighted by molar-refractivity contribution is -0.170. The van der Waals surface area contributed by atoms with Gasteiger partial charge in [0.1, 0.15) is 0 Å². The molecule has 25 heavy (non-hydrogen) atoms. The number of hydrogen-bond acceptors (Lipinski definition) is 6. The summed E-state index contributed by atoms with van der Waals surface area (Å²) in [5.41, 5.74) is -1.61. The Bertz CT molecular complexity index is 722. The predicted octanol–water partition coefficient (Wildman–Crippen LogP) is 3.26. The molecule has 0 bridgehead atoms. The summed E-state index contributed by atoms with van der Waals surface area (Å²) in [5.74, 6) is -1.48. The number of hydrogen-bond donors (Lipinski definition) is 0. The third-order valence-electron chi connectivity index (χ3n) is 3.33. The normalized spacial score (nSPS) is 12.6. The molecular formula is C17H21IO6S. The molecule has 0 spiro atoms. The van der Waals surface area contributed by atoms with Crippen LogP contribution in [0.1, 0.15) is 27.2 Å². The Labute approximate surface area is 161 Å². The van der Waals surface area contributed by atoms with Gasteiger partial charge in [-0.3, -0.25) is 9.59 Å². The molecule has 0 N–H and O–H groups in total. The zero-order chi connectivity index (χ0) is 19.1. The van der Waals surface area contributed by atoms with Crippen LogP contribution in [0.2, 0.25) is 0 Å². The first-order valence-corrected chi connectivity index (χ1v) is 10.3. The minimum atomic E-state index is -3.68. The largest absolute Gasteiger partial charge is 0.465 e. The van der Waals surface area contributed by atoms with Crippen molar-refractivity contribution >= 4 is 44.4 Å². The van der Waals surface area contributed by atoms with Crippen molar-refractivity contribution in [3.8, 4) is 0 Å². The van der Waals surface area contributed by atoms with Gasteiger partial charge < -0.3 is 9.47 Å². The van der Waals surface area contributed by atoms with Crippen LogP contribution in [0.4, 0.5) is 0 Å². The fraction of sp³-hybridized carbons (Fsp3) is 0.412. The van der Waals surface area contributed by atoms with E-state index >= 15 is 0 Å². The van der Waals surface area contributed by atoms with Gasteiger partial charge in [0.25, 0.3) is 0 Å². The summed E-state index contributed by atoms with van der Waals surface area (Å²) >= 11 is 1.81. The number of esters is 2. The molecule has 0 amide bonds. The Morgan fingerprint density at radius 3 is 2.00 bits per heavy atom. The Balaban J connectivity index is 3.15. The Hall–Kier alpha value is -1.42. The molecule has 0 unspecified atom stereocenters. The number of carbonyl (C=O) groups is 2. The quantitative estimate of drug-likeness (QED) is 0.323. The highest BCUT2D eigenvalue weighted by Gasteiger charge is 2.44. The molecule has 138 valence electrons. The van der Waals surface area contributed by atoms with Crippen LogP contribution in [0.15, 0.2) is 44.2 Å². The van der Waals surface area contributed by atoms with Gasteiger partial charge in [-0.25, -0.2) is 8.42 Å². The second kappa shape index (κ2) is 9.33. The van der Waals surface area contributed by atoms with E-state index in [2.05, 4.69) is 0 Å². The first kappa shape index (κ1) is 21.6. The van der Waals surface area contributed by atoms with E-state index in [9.17, 15) is 18.0 Å². The SMILES string of the molecule is CCOC(=O)C(C)(C/C(I)=C\S(=O)(=O)c1ccccc1)C(=O)OCC. The highest BCUT2D eigenvalue weighted by Crippen LogP contribution is 2.33. The van der Waals surface area contributed by atoms with Crippen molar-refractivity contribution in [3.63, 3.8) is 0 Å². The van der Waals surface area contributed by atoms with E-state index in [1.165, 1.54) is 19.1 Å². The van der Waals surface area contributed by atoms with Gasteiger partial charge >= 0.3 is 11.9 Å². The van der Waals surface area contributed by atoms with Gasteiger partial charge in [-0.15, -0.1) is 0 Å². The summed E-state index contributed by atoms with van der Waals surface area (Å²) in [7, 11) is -3.68. The summed E-state index contributed by atoms with van der Waals surface area (Å²) in [6.45, 7) is 4.87. The highest BCUT2D eigenvalue weighted by molar-refractivity contribution is 14.1. The van der Waals surface area contributed by atoms with Crippen LogP contribution in [0.25, 0.3) is 0 Å². The van der Waals surface area contributed by atoms with E-state index in [1.807, 2.05) is 22.6 Å². The minimum absolute atomic E-state index is 0.108. The van der Waals surface area contributed by atoms with Crippen LogP contribution < -0.4 is 0 Å². The summed E-state index contributed by atoms with van der Waals surface area (Å²) in [6, 6.07) is 7.91. The van der Waals surface area contributed by atoms with Crippen molar-refractivity contribution in [2.24, 2.45) is 5.41 Å². The van der Waals surface area contributed by atoms with Gasteiger partial charge in [0, 0.05) is 15.4 Å². The lowest BCUT2D eigenvalue weighted by Gasteiger charge is -2.24. The number of allylic oxidation sites excluding steroid dienone is 1. The maximum absolute atomic E-state index is 12.4. The van der Waals surface area contributed by atoms with E-state index in [4.69, 9.17) is 9.47 Å². The summed E-state index contributed by atoms with van der Waals surface area (Å²) in [6.07, 6.45) is -0.128. The van der Waals surface area contributed by atoms with Crippen molar-refractivity contribution in [1.82, 2.24) is 0 Å². The lowest BCUT2D eigenvalue weighted by Crippen LogP contribution is -2.39. The zero-order valence-corrected chi connectivity index (χ0v) is 17.3. The van der Waals surface area contributed by atoms with Crippen molar-refractivity contribution in [3.05, 3.63) is 39.3 Å². The standard InChI is InChI=1S/C17H21IO6S/c1-4-23-15(19)17(3,16(20)24-5-2)11-13(18)12-25(21,22)14-9-7-6-8-10-14/h6-10,12H,4-5,11H2,1-3H3/b13-12+. The van der Waals surface area contributed by atoms with Crippen LogP contribution in [0, 0.1) is 5.41 Å². The summed E-state index contributed by atoms with van der Waals surface area (Å²) in [5, 5.41) is 1.06. The molecule has 0 heterocycles. The molecule has 0 aliphatic carbocycles. The van der Waals surface area contributed by atoms with E-state index in [0.29, 0.717) is 3.58 Å². The number of halogens is 1. The predicted molar refractivity (Wildman–Crippen MR) is 102 cm³/mol. The Morgan fingerprint density at radius 2 is 1.56 bits per heavy atom. The van der Waals surface area contributed by atoms with Gasteiger partial charge in [-0.1, -0.05) is 18.2 Å². The molecule has 0 aromatic heterocycles. The molecular weight excluding hydrogens is 459 g/mol. The average Bonchev–Trinajstić information content (AvgIpc) is 2.55. The molecule has 0 radical (unpaired) electrons. The Kier molecular flexibility index (Phi) is 8.07. The zero-order valence-electron chi connectivity index (χ0n) is 14.3. The van der Waals surface area contributed by atoms with Crippen LogP contribution in [0.3, 0.4) is 0 Å². The van der Waals surface area contributed by atoms with Gasteiger partial charge in [0.05, 0.1) is 18.1 Å². The van der Waals surface area contributed by atoms with Gasteiger partial charge in [0.15, 0.2) is 5.41 Å². The monoisotopic (exact) mass is 480 g/mol. The summed E-state index contributed by atoms with van der Waals surface area (Å²) in [4.78, 5) is 24.6. The topological polar surface area (TPSA) is 86.7 Å². The van der Waals surface area contributed by atoms with E-state index in [-0.39, 0.29) is 24.5 Å². The van der Waals surface area contributed by atoms with Crippen molar-refractivity contribution in [2.75, 3.05) is 13.2 Å². The number of sulfone groups is 1. The smallest absolute Gasteiger partial charge is 0.323 e. The van der Waals surface area contributed by atoms with Crippen LogP contribution >= 0.6 is 22.6 Å². The van der Waals surface area contributed by atoms with Crippen LogP contribution in [-0.2, 0) is 28.9 Å². The molecule has 6 nitrogen and oxygen atoms in total. The van der Waals surface area contributed by atoms with Gasteiger partial charge in [-0.2, -0.15) is 0 Å². The van der Waals surface area contributed by atoms with Crippen molar-refractivity contribution in [1.29, 1.82) is 0 Å². The van der Waals surface area contributed by atoms with E-state index in [1.54, 1.807) is 32.0 Å². The molecule has 0 aliphatic heterocycles. The van der Waals surface area contributed by atoms with Crippen LogP contribution in [0.5, 0.6) is 0 Å². The second-order valence-corrected chi connectivity index (χ2v) is 8.56. The molecule has 0 fully saturated rings. The van der Waals surface area contributed by atoms with Crippen LogP contribution in [-0.4, -0.2) is 33.6 Å². The maximum atomic E-state index is 12.4. The molecule has 1 aromatic carbocycles. The third-order valence-corrected chi connectivity index (χ3v) is 5.97. The average molecular weight is 480 g/mol. The van der Waals surface area contributed by atoms with Gasteiger partial charge in [-0.05, 0) is 55.5 Å². The molecule has 1 rings (SSSR count). The first-order chi connectivity index (χ1) is 11.7. The number of carbonyl (C=O) groups excluding carboxylic acids is 2. The number of rotatable bonds is 8. The number of ether oxygens (including phenoxy) is 2. The fourth-order valence-corrected chi connectivity index (χ4v) is 4.89. The van der Waals surface area contributed by atoms with E-state index < -0.39 is 27.2 Å². The number of benzene rings is 1. The summed E-state index contributed by atoms with van der Waals surface area (Å²) < 4.78 is 35.1. The molecule has 0 atom stereocenters. The maximum Gasteiger partial charge on any atom is 0.323 e. The molecule has 1 aromatic rings. The lowest BCUT2D eigenvalue weighted by atomic mass is 9.87. The fourth-order valence-electron chi connectivity index (χ4n) is 2.03. The Morgan fingerprint density at radius 1 is 1.08 bits per heavy atom. The third kappa shape index (κ3) is 5.81. The molecule has 0 aliphatic rings. The van der Waals surface area contributed by atoms with Crippen molar-refractivity contribution in [2.45, 2.75) is 32.1 Å². The highest BCUT2D eigenvalue weighted by atomic mass is 127. The first-order valence-electron chi connectivity index (χ1n) is 7.68. The van der Waals surface area contributed by atoms with Gasteiger partial charge in [0.2, 0.25) is 9.84 Å².